The summed E-state index contributed by atoms with van der Waals surface area (Å²) in [5, 5.41) is 0. The molecule has 3 aromatic rings. The minimum absolute atomic E-state index is 0. The van der Waals surface area contributed by atoms with Gasteiger partial charge in [-0.3, -0.25) is 0 Å². The Kier molecular flexibility index (Phi) is 6.71. The monoisotopic (exact) mass is 446 g/mol. The second kappa shape index (κ2) is 8.98. The molecule has 3 rings (SSSR count). The molecule has 0 radical (unpaired) electrons. The lowest BCUT2D eigenvalue weighted by atomic mass is 10.1. The summed E-state index contributed by atoms with van der Waals surface area (Å²) in [6, 6.07) is 23.8. The van der Waals surface area contributed by atoms with Crippen molar-refractivity contribution in [3.05, 3.63) is 96.1 Å². The van der Waals surface area contributed by atoms with Crippen LogP contribution in [0.1, 0.15) is 20.7 Å². The Balaban J connectivity index is 0.00000225. The standard InChI is InChI=1S/C20H14O4.HI/c21-19(23-15-9-3-1-4-10-15)17-13-7-8-14-18(17)20(22)24-16-11-5-2-6-12-16;/h1-14H;1H. The summed E-state index contributed by atoms with van der Waals surface area (Å²) in [5.41, 5.74) is 0.310. The molecule has 4 nitrogen and oxygen atoms in total. The lowest BCUT2D eigenvalue weighted by Gasteiger charge is -2.09. The molecule has 0 aliphatic rings. The zero-order chi connectivity index (χ0) is 16.8. The molecule has 3 aromatic carbocycles. The Hall–Kier alpha value is -2.67. The van der Waals surface area contributed by atoms with E-state index in [1.165, 1.54) is 12.1 Å². The van der Waals surface area contributed by atoms with E-state index in [0.717, 1.165) is 0 Å². The van der Waals surface area contributed by atoms with E-state index in [4.69, 9.17) is 9.47 Å². The summed E-state index contributed by atoms with van der Waals surface area (Å²) in [6.45, 7) is 0. The van der Waals surface area contributed by atoms with Crippen molar-refractivity contribution in [2.75, 3.05) is 0 Å². The van der Waals surface area contributed by atoms with Crippen LogP contribution in [0.25, 0.3) is 0 Å². The molecular formula is C20H15IO4. The van der Waals surface area contributed by atoms with E-state index in [1.807, 2.05) is 12.1 Å². The highest BCUT2D eigenvalue weighted by atomic mass is 127. The van der Waals surface area contributed by atoms with Crippen LogP contribution in [0.2, 0.25) is 0 Å². The minimum atomic E-state index is -0.609. The van der Waals surface area contributed by atoms with Crippen molar-refractivity contribution >= 4 is 35.9 Å². The van der Waals surface area contributed by atoms with Gasteiger partial charge in [0, 0.05) is 0 Å². The van der Waals surface area contributed by atoms with Gasteiger partial charge >= 0.3 is 11.9 Å². The topological polar surface area (TPSA) is 52.6 Å². The number of para-hydroxylation sites is 2. The second-order valence-corrected chi connectivity index (χ2v) is 4.95. The van der Waals surface area contributed by atoms with Gasteiger partial charge in [-0.05, 0) is 36.4 Å². The van der Waals surface area contributed by atoms with Crippen molar-refractivity contribution in [2.24, 2.45) is 0 Å². The fourth-order valence-electron chi connectivity index (χ4n) is 2.14. The first-order valence-electron chi connectivity index (χ1n) is 7.37. The zero-order valence-electron chi connectivity index (χ0n) is 13.1. The number of benzene rings is 3. The number of hydrogen-bond acceptors (Lipinski definition) is 4. The molecule has 0 heterocycles. The average molecular weight is 446 g/mol. The van der Waals surface area contributed by atoms with Gasteiger partial charge in [0.2, 0.25) is 0 Å². The highest BCUT2D eigenvalue weighted by Gasteiger charge is 2.20. The number of carbonyl (C=O) groups is 2. The van der Waals surface area contributed by atoms with Crippen molar-refractivity contribution in [3.8, 4) is 11.5 Å². The molecule has 0 bridgehead atoms. The summed E-state index contributed by atoms with van der Waals surface area (Å²) in [6.07, 6.45) is 0. The van der Waals surface area contributed by atoms with Crippen molar-refractivity contribution in [3.63, 3.8) is 0 Å². The van der Waals surface area contributed by atoms with Gasteiger partial charge in [-0.1, -0.05) is 48.5 Å². The largest absolute Gasteiger partial charge is 0.423 e. The van der Waals surface area contributed by atoms with E-state index >= 15 is 0 Å². The van der Waals surface area contributed by atoms with Crippen molar-refractivity contribution in [1.29, 1.82) is 0 Å². The predicted octanol–water partition coefficient (Wildman–Crippen LogP) is 4.74. The Bertz CT molecular complexity index is 775. The second-order valence-electron chi connectivity index (χ2n) is 4.95. The van der Waals surface area contributed by atoms with Crippen molar-refractivity contribution in [1.82, 2.24) is 0 Å². The number of carbonyl (C=O) groups excluding carboxylic acids is 2. The van der Waals surface area contributed by atoms with E-state index < -0.39 is 11.9 Å². The third-order valence-electron chi connectivity index (χ3n) is 3.27. The van der Waals surface area contributed by atoms with Gasteiger partial charge in [0.05, 0.1) is 11.1 Å². The van der Waals surface area contributed by atoms with Crippen LogP contribution in [-0.2, 0) is 0 Å². The fourth-order valence-corrected chi connectivity index (χ4v) is 2.14. The summed E-state index contributed by atoms with van der Waals surface area (Å²) in [5.74, 6) is -0.397. The first kappa shape index (κ1) is 18.7. The quantitative estimate of drug-likeness (QED) is 0.330. The smallest absolute Gasteiger partial charge is 0.344 e. The highest BCUT2D eigenvalue weighted by Crippen LogP contribution is 2.17. The molecule has 5 heteroatoms. The number of ether oxygens (including phenoxy) is 2. The van der Waals surface area contributed by atoms with Gasteiger partial charge < -0.3 is 9.47 Å². The van der Waals surface area contributed by atoms with Crippen LogP contribution in [0.5, 0.6) is 11.5 Å². The van der Waals surface area contributed by atoms with E-state index in [0.29, 0.717) is 11.5 Å². The molecule has 0 aliphatic carbocycles. The summed E-state index contributed by atoms with van der Waals surface area (Å²) >= 11 is 0. The molecule has 0 N–H and O–H groups in total. The van der Waals surface area contributed by atoms with Crippen molar-refractivity contribution < 1.29 is 19.1 Å². The normalized spacial score (nSPS) is 9.60. The van der Waals surface area contributed by atoms with Crippen LogP contribution in [0.4, 0.5) is 0 Å². The van der Waals surface area contributed by atoms with Crippen LogP contribution in [0.15, 0.2) is 84.9 Å². The lowest BCUT2D eigenvalue weighted by molar-refractivity contribution is 0.0692. The van der Waals surface area contributed by atoms with Gasteiger partial charge in [-0.25, -0.2) is 9.59 Å². The molecular weight excluding hydrogens is 431 g/mol. The van der Waals surface area contributed by atoms with Crippen LogP contribution >= 0.6 is 24.0 Å². The Labute approximate surface area is 162 Å². The summed E-state index contributed by atoms with van der Waals surface area (Å²) in [4.78, 5) is 24.7. The molecule has 0 unspecified atom stereocenters. The highest BCUT2D eigenvalue weighted by molar-refractivity contribution is 14.0. The predicted molar refractivity (Wildman–Crippen MR) is 105 cm³/mol. The molecule has 25 heavy (non-hydrogen) atoms. The maximum Gasteiger partial charge on any atom is 0.344 e. The van der Waals surface area contributed by atoms with Gasteiger partial charge in [-0.15, -0.1) is 24.0 Å². The van der Waals surface area contributed by atoms with Crippen LogP contribution < -0.4 is 9.47 Å². The Morgan fingerprint density at radius 1 is 0.520 bits per heavy atom. The van der Waals surface area contributed by atoms with Crippen molar-refractivity contribution in [2.45, 2.75) is 0 Å². The lowest BCUT2D eigenvalue weighted by Crippen LogP contribution is -2.17. The number of rotatable bonds is 4. The maximum absolute atomic E-state index is 12.4. The first-order valence-corrected chi connectivity index (χ1v) is 7.37. The van der Waals surface area contributed by atoms with Gasteiger partial charge in [0.15, 0.2) is 0 Å². The van der Waals surface area contributed by atoms with Gasteiger partial charge in [0.25, 0.3) is 0 Å². The average Bonchev–Trinajstić information content (AvgIpc) is 2.63. The number of hydrogen-bond donors (Lipinski definition) is 0. The zero-order valence-corrected chi connectivity index (χ0v) is 15.5. The maximum atomic E-state index is 12.4. The van der Waals surface area contributed by atoms with Gasteiger partial charge in [-0.2, -0.15) is 0 Å². The molecule has 0 fully saturated rings. The number of halogens is 1. The third kappa shape index (κ3) is 4.90. The number of esters is 2. The van der Waals surface area contributed by atoms with E-state index in [9.17, 15) is 9.59 Å². The minimum Gasteiger partial charge on any atom is -0.423 e. The Morgan fingerprint density at radius 3 is 1.20 bits per heavy atom. The van der Waals surface area contributed by atoms with Crippen LogP contribution in [0, 0.1) is 0 Å². The molecule has 0 saturated heterocycles. The molecule has 126 valence electrons. The SMILES string of the molecule is I.O=C(Oc1ccccc1)c1ccccc1C(=O)Oc1ccccc1. The van der Waals surface area contributed by atoms with E-state index in [-0.39, 0.29) is 35.1 Å². The fraction of sp³-hybridized carbons (Fsp3) is 0. The molecule has 0 spiro atoms. The van der Waals surface area contributed by atoms with E-state index in [2.05, 4.69) is 0 Å². The van der Waals surface area contributed by atoms with E-state index in [1.54, 1.807) is 60.7 Å². The molecule has 0 atom stereocenters. The first-order chi connectivity index (χ1) is 11.7. The summed E-state index contributed by atoms with van der Waals surface area (Å²) in [7, 11) is 0. The molecule has 0 aromatic heterocycles. The van der Waals surface area contributed by atoms with Crippen LogP contribution in [-0.4, -0.2) is 11.9 Å². The van der Waals surface area contributed by atoms with Crippen LogP contribution in [0.3, 0.4) is 0 Å². The molecule has 0 aliphatic heterocycles. The van der Waals surface area contributed by atoms with Gasteiger partial charge in [0.1, 0.15) is 11.5 Å². The molecule has 0 saturated carbocycles. The Morgan fingerprint density at radius 2 is 0.840 bits per heavy atom. The third-order valence-corrected chi connectivity index (χ3v) is 3.27. The molecule has 0 amide bonds. The summed E-state index contributed by atoms with van der Waals surface area (Å²) < 4.78 is 10.6.